The Morgan fingerprint density at radius 3 is 2.84 bits per heavy atom. The molecule has 1 aliphatic heterocycles. The van der Waals surface area contributed by atoms with Crippen LogP contribution in [-0.4, -0.2) is 38.8 Å². The van der Waals surface area contributed by atoms with Gasteiger partial charge in [-0.3, -0.25) is 4.57 Å². The summed E-state index contributed by atoms with van der Waals surface area (Å²) in [5.74, 6) is 1.04. The highest BCUT2D eigenvalue weighted by molar-refractivity contribution is 5.67. The van der Waals surface area contributed by atoms with E-state index in [9.17, 15) is 10.2 Å². The number of aliphatic imine (C=N–C) groups is 1. The van der Waals surface area contributed by atoms with E-state index in [2.05, 4.69) is 34.1 Å². The van der Waals surface area contributed by atoms with Crippen LogP contribution in [0.3, 0.4) is 0 Å². The van der Waals surface area contributed by atoms with Gasteiger partial charge >= 0.3 is 0 Å². The zero-order valence-corrected chi connectivity index (χ0v) is 14.6. The van der Waals surface area contributed by atoms with Gasteiger partial charge in [-0.1, -0.05) is 19.9 Å². The summed E-state index contributed by atoms with van der Waals surface area (Å²) in [6, 6.07) is 5.59. The monoisotopic (exact) mass is 341 g/mol. The molecule has 0 saturated carbocycles. The summed E-state index contributed by atoms with van der Waals surface area (Å²) in [5, 5.41) is 24.8. The van der Waals surface area contributed by atoms with Crippen LogP contribution >= 0.6 is 0 Å². The SMILES string of the molecule is CC(C)CC(CO)Nc1nc(C=c2ccc3c(c2)N=CN=3)c(O)n1C. The van der Waals surface area contributed by atoms with Gasteiger partial charge in [-0.25, -0.2) is 15.0 Å². The molecule has 3 N–H and O–H groups in total. The Hall–Kier alpha value is -2.67. The maximum Gasteiger partial charge on any atom is 0.220 e. The van der Waals surface area contributed by atoms with Gasteiger partial charge in [-0.15, -0.1) is 0 Å². The van der Waals surface area contributed by atoms with Crippen molar-refractivity contribution in [2.45, 2.75) is 26.3 Å². The number of anilines is 1. The van der Waals surface area contributed by atoms with Crippen LogP contribution in [0.2, 0.25) is 0 Å². The summed E-state index contributed by atoms with van der Waals surface area (Å²) in [5.41, 5.74) is 1.27. The van der Waals surface area contributed by atoms with Crippen molar-refractivity contribution in [1.82, 2.24) is 9.55 Å². The zero-order valence-electron chi connectivity index (χ0n) is 14.6. The number of aliphatic hydroxyl groups is 1. The van der Waals surface area contributed by atoms with Gasteiger partial charge in [0.25, 0.3) is 0 Å². The lowest BCUT2D eigenvalue weighted by atomic mass is 10.0. The molecule has 1 unspecified atom stereocenters. The highest BCUT2D eigenvalue weighted by atomic mass is 16.3. The van der Waals surface area contributed by atoms with Gasteiger partial charge in [-0.2, -0.15) is 0 Å². The van der Waals surface area contributed by atoms with Crippen LogP contribution in [0.15, 0.2) is 28.2 Å². The zero-order chi connectivity index (χ0) is 18.0. The minimum Gasteiger partial charge on any atom is -0.493 e. The lowest BCUT2D eigenvalue weighted by Crippen LogP contribution is -2.27. The van der Waals surface area contributed by atoms with Crippen molar-refractivity contribution < 1.29 is 10.2 Å². The number of benzene rings is 1. The molecule has 1 aromatic carbocycles. The van der Waals surface area contributed by atoms with Gasteiger partial charge < -0.3 is 15.5 Å². The van der Waals surface area contributed by atoms with Gasteiger partial charge in [-0.05, 0) is 35.8 Å². The first-order chi connectivity index (χ1) is 12.0. The van der Waals surface area contributed by atoms with Crippen LogP contribution < -0.4 is 15.9 Å². The molecule has 0 saturated heterocycles. The second-order valence-electron chi connectivity index (χ2n) is 6.62. The highest BCUT2D eigenvalue weighted by Gasteiger charge is 2.16. The number of fused-ring (bicyclic) bond motifs is 1. The van der Waals surface area contributed by atoms with E-state index in [1.165, 1.54) is 6.34 Å². The smallest absolute Gasteiger partial charge is 0.220 e. The molecule has 3 rings (SSSR count). The summed E-state index contributed by atoms with van der Waals surface area (Å²) < 4.78 is 1.58. The molecular formula is C18H23N5O2. The van der Waals surface area contributed by atoms with Crippen LogP contribution in [0.25, 0.3) is 6.08 Å². The molecule has 0 radical (unpaired) electrons. The molecule has 1 aromatic heterocycles. The number of rotatable bonds is 6. The predicted molar refractivity (Wildman–Crippen MR) is 97.8 cm³/mol. The van der Waals surface area contributed by atoms with Gasteiger partial charge in [0, 0.05) is 7.05 Å². The fourth-order valence-corrected chi connectivity index (χ4v) is 2.82. The normalized spacial score (nSPS) is 14.7. The molecule has 0 fully saturated rings. The molecule has 7 nitrogen and oxygen atoms in total. The number of aromatic nitrogens is 2. The van der Waals surface area contributed by atoms with Gasteiger partial charge in [0.15, 0.2) is 0 Å². The molecule has 2 aromatic rings. The Morgan fingerprint density at radius 1 is 1.32 bits per heavy atom. The molecule has 0 amide bonds. The number of nitrogens with one attached hydrogen (secondary N) is 1. The summed E-state index contributed by atoms with van der Waals surface area (Å²) in [4.78, 5) is 12.8. The minimum atomic E-state index is -0.107. The topological polar surface area (TPSA) is 95.0 Å². The standard InChI is InChI=1S/C18H23N5O2/c1-11(2)6-13(9-24)21-18-22-16(17(25)23(18)3)8-12-4-5-14-15(7-12)20-10-19-14/h4-5,7-8,10-11,13,24-25H,6,9H2,1-3H3,(H,21,22). The fraction of sp³-hybridized carbons (Fsp3) is 0.389. The van der Waals surface area contributed by atoms with Crippen molar-refractivity contribution in [1.29, 1.82) is 0 Å². The molecule has 0 bridgehead atoms. The fourth-order valence-electron chi connectivity index (χ4n) is 2.82. The van der Waals surface area contributed by atoms with Crippen molar-refractivity contribution in [2.75, 3.05) is 11.9 Å². The maximum absolute atomic E-state index is 10.4. The largest absolute Gasteiger partial charge is 0.493 e. The van der Waals surface area contributed by atoms with Crippen molar-refractivity contribution in [2.24, 2.45) is 23.0 Å². The number of nitrogens with zero attached hydrogens (tertiary/aromatic N) is 4. The molecule has 1 aliphatic rings. The number of aromatic hydroxyl groups is 1. The second-order valence-corrected chi connectivity index (χ2v) is 6.62. The summed E-state index contributed by atoms with van der Waals surface area (Å²) in [6.45, 7) is 4.21. The molecule has 25 heavy (non-hydrogen) atoms. The van der Waals surface area contributed by atoms with Crippen LogP contribution in [0.5, 0.6) is 5.88 Å². The first kappa shape index (κ1) is 17.2. The van der Waals surface area contributed by atoms with Crippen molar-refractivity contribution >= 4 is 24.1 Å². The Kier molecular flexibility index (Phi) is 4.85. The average Bonchev–Trinajstić information content (AvgIpc) is 3.14. The molecule has 7 heteroatoms. The highest BCUT2D eigenvalue weighted by Crippen LogP contribution is 2.23. The maximum atomic E-state index is 10.4. The van der Waals surface area contributed by atoms with Crippen LogP contribution in [-0.2, 0) is 7.05 Å². The predicted octanol–water partition coefficient (Wildman–Crippen LogP) is 1.07. The van der Waals surface area contributed by atoms with Gasteiger partial charge in [0.05, 0.1) is 23.7 Å². The van der Waals surface area contributed by atoms with E-state index in [0.29, 0.717) is 17.6 Å². The van der Waals surface area contributed by atoms with E-state index in [0.717, 1.165) is 22.7 Å². The van der Waals surface area contributed by atoms with Crippen LogP contribution in [0.1, 0.15) is 26.0 Å². The number of aliphatic hydroxyl groups excluding tert-OH is 1. The Labute approximate surface area is 146 Å². The first-order valence-electron chi connectivity index (χ1n) is 8.33. The Bertz CT molecular complexity index is 914. The van der Waals surface area contributed by atoms with E-state index in [4.69, 9.17) is 0 Å². The van der Waals surface area contributed by atoms with Crippen LogP contribution in [0, 0.1) is 5.92 Å². The van der Waals surface area contributed by atoms with E-state index >= 15 is 0 Å². The van der Waals surface area contributed by atoms with Gasteiger partial charge in [0.2, 0.25) is 11.8 Å². The molecule has 0 spiro atoms. The van der Waals surface area contributed by atoms with Crippen molar-refractivity contribution in [3.8, 4) is 5.88 Å². The third kappa shape index (κ3) is 3.71. The Balaban J connectivity index is 1.90. The lowest BCUT2D eigenvalue weighted by molar-refractivity contribution is 0.258. The summed E-state index contributed by atoms with van der Waals surface area (Å²) in [7, 11) is 1.73. The van der Waals surface area contributed by atoms with E-state index < -0.39 is 0 Å². The molecular weight excluding hydrogens is 318 g/mol. The minimum absolute atomic E-state index is 0.0111. The molecule has 0 aliphatic carbocycles. The quantitative estimate of drug-likeness (QED) is 0.732. The lowest BCUT2D eigenvalue weighted by Gasteiger charge is -2.18. The van der Waals surface area contributed by atoms with Gasteiger partial charge in [0.1, 0.15) is 12.0 Å². The van der Waals surface area contributed by atoms with E-state index in [-0.39, 0.29) is 18.5 Å². The summed E-state index contributed by atoms with van der Waals surface area (Å²) >= 11 is 0. The molecule has 132 valence electrons. The first-order valence-corrected chi connectivity index (χ1v) is 8.33. The van der Waals surface area contributed by atoms with E-state index in [1.807, 2.05) is 18.2 Å². The van der Waals surface area contributed by atoms with E-state index in [1.54, 1.807) is 17.7 Å². The second kappa shape index (κ2) is 7.06. The third-order valence-corrected chi connectivity index (χ3v) is 4.10. The summed E-state index contributed by atoms with van der Waals surface area (Å²) in [6.07, 6.45) is 4.14. The number of imidazole rings is 1. The number of hydrogen-bond donors (Lipinski definition) is 3. The number of hydrogen-bond acceptors (Lipinski definition) is 6. The average molecular weight is 341 g/mol. The molecule has 1 atom stereocenters. The van der Waals surface area contributed by atoms with Crippen LogP contribution in [0.4, 0.5) is 11.6 Å². The third-order valence-electron chi connectivity index (χ3n) is 4.10. The van der Waals surface area contributed by atoms with Crippen molar-refractivity contribution in [3.63, 3.8) is 0 Å². The Morgan fingerprint density at radius 2 is 2.12 bits per heavy atom. The molecule has 2 heterocycles. The van der Waals surface area contributed by atoms with Crippen molar-refractivity contribution in [3.05, 3.63) is 34.5 Å².